The van der Waals surface area contributed by atoms with E-state index in [-0.39, 0.29) is 12.4 Å². The molecule has 2 aromatic carbocycles. The van der Waals surface area contributed by atoms with E-state index >= 15 is 0 Å². The number of nitrogen functional groups attached to an aromatic ring is 1. The van der Waals surface area contributed by atoms with Gasteiger partial charge in [0.05, 0.1) is 11.4 Å². The molecule has 0 spiro atoms. The number of halogens is 1. The number of aryl methyl sites for hydroxylation is 1. The van der Waals surface area contributed by atoms with Crippen molar-refractivity contribution in [2.24, 2.45) is 0 Å². The van der Waals surface area contributed by atoms with Crippen LogP contribution in [0.2, 0.25) is 0 Å². The number of hydrogen-bond acceptors (Lipinski definition) is 5. The number of aromatic nitrogens is 2. The molecule has 0 amide bonds. The highest BCUT2D eigenvalue weighted by Crippen LogP contribution is 2.25. The highest BCUT2D eigenvalue weighted by atomic mass is 35.5. The zero-order chi connectivity index (χ0) is 15.4. The van der Waals surface area contributed by atoms with Crippen molar-refractivity contribution >= 4 is 41.2 Å². The minimum absolute atomic E-state index is 0. The molecule has 0 saturated heterocycles. The molecule has 23 heavy (non-hydrogen) atoms. The van der Waals surface area contributed by atoms with Crippen LogP contribution in [0.4, 0.5) is 28.8 Å². The van der Waals surface area contributed by atoms with E-state index in [0.29, 0.717) is 17.5 Å². The Hall–Kier alpha value is -2.79. The third-order valence-electron chi connectivity index (χ3n) is 3.20. The predicted octanol–water partition coefficient (Wildman–Crippen LogP) is 4.28. The predicted molar refractivity (Wildman–Crippen MR) is 97.9 cm³/mol. The van der Waals surface area contributed by atoms with E-state index in [4.69, 9.17) is 5.73 Å². The Kier molecular flexibility index (Phi) is 5.38. The van der Waals surface area contributed by atoms with Crippen LogP contribution in [0, 0.1) is 6.92 Å². The van der Waals surface area contributed by atoms with Gasteiger partial charge in [-0.3, -0.25) is 0 Å². The lowest BCUT2D eigenvalue weighted by Gasteiger charge is -2.13. The molecule has 0 radical (unpaired) electrons. The Labute approximate surface area is 141 Å². The minimum Gasteiger partial charge on any atom is -0.394 e. The Balaban J connectivity index is 0.00000192. The van der Waals surface area contributed by atoms with Crippen LogP contribution in [0.15, 0.2) is 60.7 Å². The first-order valence-electron chi connectivity index (χ1n) is 7.00. The Bertz CT molecular complexity index is 763. The summed E-state index contributed by atoms with van der Waals surface area (Å²) in [5, 5.41) is 6.40. The lowest BCUT2D eigenvalue weighted by atomic mass is 10.3. The van der Waals surface area contributed by atoms with Crippen molar-refractivity contribution in [3.05, 3.63) is 66.4 Å². The standard InChI is InChI=1S/C17H17N5.ClH/c1-12-15(18)16(20-13-8-4-2-5-9-13)22-17(19-12)21-14-10-6-3-7-11-14;/h2-11H,18H2,1H3,(H2,19,20,21,22);1H. The molecular weight excluding hydrogens is 310 g/mol. The van der Waals surface area contributed by atoms with E-state index in [0.717, 1.165) is 17.1 Å². The van der Waals surface area contributed by atoms with Crippen molar-refractivity contribution < 1.29 is 0 Å². The molecule has 1 aromatic heterocycles. The van der Waals surface area contributed by atoms with E-state index in [9.17, 15) is 0 Å². The summed E-state index contributed by atoms with van der Waals surface area (Å²) in [4.78, 5) is 8.85. The largest absolute Gasteiger partial charge is 0.394 e. The number of para-hydroxylation sites is 2. The molecule has 3 aromatic rings. The van der Waals surface area contributed by atoms with Crippen LogP contribution >= 0.6 is 12.4 Å². The first-order valence-corrected chi connectivity index (χ1v) is 7.00. The zero-order valence-corrected chi connectivity index (χ0v) is 13.5. The van der Waals surface area contributed by atoms with Gasteiger partial charge in [-0.2, -0.15) is 4.98 Å². The van der Waals surface area contributed by atoms with Crippen molar-refractivity contribution in [1.29, 1.82) is 0 Å². The summed E-state index contributed by atoms with van der Waals surface area (Å²) >= 11 is 0. The maximum atomic E-state index is 6.08. The number of nitrogens with one attached hydrogen (secondary N) is 2. The highest BCUT2D eigenvalue weighted by Gasteiger charge is 2.09. The molecule has 0 fully saturated rings. The van der Waals surface area contributed by atoms with Gasteiger partial charge in [0, 0.05) is 11.4 Å². The molecule has 4 N–H and O–H groups in total. The van der Waals surface area contributed by atoms with Crippen LogP contribution in [0.3, 0.4) is 0 Å². The van der Waals surface area contributed by atoms with Crippen LogP contribution in [-0.2, 0) is 0 Å². The molecular formula is C17H18ClN5. The Morgan fingerprint density at radius 2 is 1.30 bits per heavy atom. The monoisotopic (exact) mass is 327 g/mol. The maximum Gasteiger partial charge on any atom is 0.229 e. The van der Waals surface area contributed by atoms with E-state index in [1.165, 1.54) is 0 Å². The molecule has 5 nitrogen and oxygen atoms in total. The Morgan fingerprint density at radius 3 is 1.87 bits per heavy atom. The van der Waals surface area contributed by atoms with E-state index < -0.39 is 0 Å². The third-order valence-corrected chi connectivity index (χ3v) is 3.20. The summed E-state index contributed by atoms with van der Waals surface area (Å²) in [6, 6.07) is 19.6. The fraction of sp³-hybridized carbons (Fsp3) is 0.0588. The molecule has 0 saturated carbocycles. The number of nitrogens with two attached hydrogens (primary N) is 1. The van der Waals surface area contributed by atoms with Gasteiger partial charge in [0.2, 0.25) is 5.95 Å². The summed E-state index contributed by atoms with van der Waals surface area (Å²) in [5.41, 5.74) is 9.21. The van der Waals surface area contributed by atoms with Gasteiger partial charge in [-0.1, -0.05) is 36.4 Å². The number of nitrogens with zero attached hydrogens (tertiary/aromatic N) is 2. The quantitative estimate of drug-likeness (QED) is 0.667. The molecule has 0 bridgehead atoms. The summed E-state index contributed by atoms with van der Waals surface area (Å²) in [6.07, 6.45) is 0. The first-order chi connectivity index (χ1) is 10.7. The Morgan fingerprint density at radius 1 is 0.783 bits per heavy atom. The first kappa shape index (κ1) is 16.6. The highest BCUT2D eigenvalue weighted by molar-refractivity contribution is 5.85. The van der Waals surface area contributed by atoms with E-state index in [2.05, 4.69) is 20.6 Å². The lowest BCUT2D eigenvalue weighted by Crippen LogP contribution is -2.07. The van der Waals surface area contributed by atoms with Crippen LogP contribution in [0.25, 0.3) is 0 Å². The molecule has 0 atom stereocenters. The average molecular weight is 328 g/mol. The maximum absolute atomic E-state index is 6.08. The molecule has 0 aliphatic heterocycles. The smallest absolute Gasteiger partial charge is 0.229 e. The number of rotatable bonds is 4. The SMILES string of the molecule is Cc1nc(Nc2ccccc2)nc(Nc2ccccc2)c1N.Cl. The number of benzene rings is 2. The second-order valence-electron chi connectivity index (χ2n) is 4.88. The van der Waals surface area contributed by atoms with Crippen molar-refractivity contribution in [2.45, 2.75) is 6.92 Å². The van der Waals surface area contributed by atoms with Crippen LogP contribution < -0.4 is 16.4 Å². The summed E-state index contributed by atoms with van der Waals surface area (Å²) in [6.45, 7) is 1.86. The molecule has 1 heterocycles. The van der Waals surface area contributed by atoms with Crippen LogP contribution in [-0.4, -0.2) is 9.97 Å². The fourth-order valence-corrected chi connectivity index (χ4v) is 2.04. The fourth-order valence-electron chi connectivity index (χ4n) is 2.04. The topological polar surface area (TPSA) is 75.9 Å². The van der Waals surface area contributed by atoms with Crippen molar-refractivity contribution in [2.75, 3.05) is 16.4 Å². The molecule has 6 heteroatoms. The van der Waals surface area contributed by atoms with Gasteiger partial charge in [-0.05, 0) is 31.2 Å². The van der Waals surface area contributed by atoms with Gasteiger partial charge in [-0.25, -0.2) is 4.98 Å². The molecule has 0 aliphatic rings. The summed E-state index contributed by atoms with van der Waals surface area (Å²) in [7, 11) is 0. The summed E-state index contributed by atoms with van der Waals surface area (Å²) < 4.78 is 0. The lowest BCUT2D eigenvalue weighted by molar-refractivity contribution is 1.11. The van der Waals surface area contributed by atoms with Crippen LogP contribution in [0.5, 0.6) is 0 Å². The third kappa shape index (κ3) is 4.11. The molecule has 118 valence electrons. The van der Waals surface area contributed by atoms with Gasteiger partial charge in [0.25, 0.3) is 0 Å². The van der Waals surface area contributed by atoms with E-state index in [1.54, 1.807) is 0 Å². The van der Waals surface area contributed by atoms with Crippen molar-refractivity contribution in [1.82, 2.24) is 9.97 Å². The van der Waals surface area contributed by atoms with Crippen LogP contribution in [0.1, 0.15) is 5.69 Å². The molecule has 0 unspecified atom stereocenters. The second-order valence-corrected chi connectivity index (χ2v) is 4.88. The minimum atomic E-state index is 0. The van der Waals surface area contributed by atoms with Gasteiger partial charge in [0.1, 0.15) is 0 Å². The van der Waals surface area contributed by atoms with Gasteiger partial charge >= 0.3 is 0 Å². The van der Waals surface area contributed by atoms with E-state index in [1.807, 2.05) is 67.6 Å². The average Bonchev–Trinajstić information content (AvgIpc) is 2.54. The van der Waals surface area contributed by atoms with Crippen molar-refractivity contribution in [3.8, 4) is 0 Å². The van der Waals surface area contributed by atoms with Gasteiger partial charge in [-0.15, -0.1) is 12.4 Å². The van der Waals surface area contributed by atoms with Gasteiger partial charge < -0.3 is 16.4 Å². The second kappa shape index (κ2) is 7.47. The zero-order valence-electron chi connectivity index (χ0n) is 12.7. The normalized spacial score (nSPS) is 9.78. The molecule has 3 rings (SSSR count). The summed E-state index contributed by atoms with van der Waals surface area (Å²) in [5.74, 6) is 1.11. The van der Waals surface area contributed by atoms with Gasteiger partial charge in [0.15, 0.2) is 5.82 Å². The number of anilines is 5. The van der Waals surface area contributed by atoms with Crippen molar-refractivity contribution in [3.63, 3.8) is 0 Å². The molecule has 0 aliphatic carbocycles. The number of hydrogen-bond donors (Lipinski definition) is 3.